The van der Waals surface area contributed by atoms with Gasteiger partial charge in [-0.3, -0.25) is 4.79 Å². The smallest absolute Gasteiger partial charge is 0.314 e. The fraction of sp³-hybridized carbons (Fsp3) is 0.500. The molecule has 0 spiro atoms. The fourth-order valence-corrected chi connectivity index (χ4v) is 2.60. The Morgan fingerprint density at radius 3 is 2.33 bits per heavy atom. The summed E-state index contributed by atoms with van der Waals surface area (Å²) in [6.07, 6.45) is 3.93. The number of hydrogen-bond acceptors (Lipinski definition) is 3. The Bertz CT molecular complexity index is 394. The van der Waals surface area contributed by atoms with E-state index in [4.69, 9.17) is 9.47 Å². The van der Waals surface area contributed by atoms with Crippen molar-refractivity contribution in [2.45, 2.75) is 31.8 Å². The molecule has 0 amide bonds. The summed E-state index contributed by atoms with van der Waals surface area (Å²) < 4.78 is 11.8. The van der Waals surface area contributed by atoms with Crippen LogP contribution in [-0.2, 0) is 9.53 Å². The summed E-state index contributed by atoms with van der Waals surface area (Å²) in [6, 6.07) is 7.54. The molecule has 0 N–H and O–H groups in total. The van der Waals surface area contributed by atoms with E-state index in [1.165, 1.54) is 0 Å². The molecule has 3 nitrogen and oxygen atoms in total. The van der Waals surface area contributed by atoms with Crippen LogP contribution in [0.2, 0.25) is 0 Å². The molecule has 4 heteroatoms. The lowest BCUT2D eigenvalue weighted by Gasteiger charge is -2.26. The molecule has 1 aliphatic rings. The summed E-state index contributed by atoms with van der Waals surface area (Å²) in [6.45, 7) is 0. The maximum atomic E-state index is 12.0. The Kier molecular flexibility index (Phi) is 5.00. The lowest BCUT2D eigenvalue weighted by molar-refractivity contribution is -0.140. The maximum absolute atomic E-state index is 12.0. The minimum atomic E-state index is -0.106. The van der Waals surface area contributed by atoms with Gasteiger partial charge >= 0.3 is 5.97 Å². The van der Waals surface area contributed by atoms with Crippen molar-refractivity contribution in [2.24, 2.45) is 5.92 Å². The molecule has 1 fully saturated rings. The zero-order valence-corrected chi connectivity index (χ0v) is 12.6. The molecule has 18 heavy (non-hydrogen) atoms. The molecule has 0 heterocycles. The number of benzene rings is 1. The van der Waals surface area contributed by atoms with Gasteiger partial charge in [-0.2, -0.15) is 0 Å². The first-order valence-electron chi connectivity index (χ1n) is 6.19. The standard InChI is InChI=1S/C14H17IO3/c1-17-12-6-2-10(3-7-12)14(16)18-13-8-4-11(15)5-9-13/h4-5,8-10,12H,2-3,6-7H2,1H3/t10-,12-. The van der Waals surface area contributed by atoms with Crippen LogP contribution in [0.3, 0.4) is 0 Å². The van der Waals surface area contributed by atoms with Gasteiger partial charge in [0.15, 0.2) is 0 Å². The van der Waals surface area contributed by atoms with Crippen molar-refractivity contribution < 1.29 is 14.3 Å². The molecule has 1 aliphatic carbocycles. The Labute approximate surface area is 121 Å². The Hall–Kier alpha value is -0.620. The molecular weight excluding hydrogens is 343 g/mol. The molecular formula is C14H17IO3. The zero-order chi connectivity index (χ0) is 13.0. The maximum Gasteiger partial charge on any atom is 0.314 e. The fourth-order valence-electron chi connectivity index (χ4n) is 2.24. The van der Waals surface area contributed by atoms with Crippen LogP contribution in [-0.4, -0.2) is 19.2 Å². The van der Waals surface area contributed by atoms with Crippen molar-refractivity contribution in [1.29, 1.82) is 0 Å². The second-order valence-corrected chi connectivity index (χ2v) is 5.83. The summed E-state index contributed by atoms with van der Waals surface area (Å²) in [4.78, 5) is 12.0. The first-order chi connectivity index (χ1) is 8.69. The van der Waals surface area contributed by atoms with Gasteiger partial charge in [0, 0.05) is 10.7 Å². The van der Waals surface area contributed by atoms with Crippen molar-refractivity contribution in [3.05, 3.63) is 27.8 Å². The second kappa shape index (κ2) is 6.52. The van der Waals surface area contributed by atoms with Crippen LogP contribution in [0.25, 0.3) is 0 Å². The molecule has 2 rings (SSSR count). The molecule has 0 aliphatic heterocycles. The highest BCUT2D eigenvalue weighted by atomic mass is 127. The highest BCUT2D eigenvalue weighted by Crippen LogP contribution is 2.27. The van der Waals surface area contributed by atoms with Gasteiger partial charge < -0.3 is 9.47 Å². The average Bonchev–Trinajstić information content (AvgIpc) is 2.41. The van der Waals surface area contributed by atoms with Crippen LogP contribution in [0.1, 0.15) is 25.7 Å². The van der Waals surface area contributed by atoms with Crippen LogP contribution in [0.15, 0.2) is 24.3 Å². The molecule has 0 saturated heterocycles. The highest BCUT2D eigenvalue weighted by molar-refractivity contribution is 14.1. The number of carbonyl (C=O) groups excluding carboxylic acids is 1. The van der Waals surface area contributed by atoms with Gasteiger partial charge in [0.2, 0.25) is 0 Å². The minimum Gasteiger partial charge on any atom is -0.426 e. The van der Waals surface area contributed by atoms with E-state index in [2.05, 4.69) is 22.6 Å². The van der Waals surface area contributed by atoms with Gasteiger partial charge in [0.25, 0.3) is 0 Å². The molecule has 1 aromatic carbocycles. The van der Waals surface area contributed by atoms with Gasteiger partial charge in [-0.1, -0.05) is 0 Å². The summed E-state index contributed by atoms with van der Waals surface area (Å²) in [5.74, 6) is 0.552. The van der Waals surface area contributed by atoms with Gasteiger partial charge in [0.1, 0.15) is 5.75 Å². The summed E-state index contributed by atoms with van der Waals surface area (Å²) >= 11 is 2.23. The number of esters is 1. The normalized spacial score (nSPS) is 23.7. The number of halogens is 1. The number of ether oxygens (including phenoxy) is 2. The van der Waals surface area contributed by atoms with E-state index in [1.807, 2.05) is 24.3 Å². The third kappa shape index (κ3) is 3.68. The van der Waals surface area contributed by atoms with Crippen molar-refractivity contribution in [1.82, 2.24) is 0 Å². The van der Waals surface area contributed by atoms with Crippen molar-refractivity contribution >= 4 is 28.6 Å². The quantitative estimate of drug-likeness (QED) is 0.471. The van der Waals surface area contributed by atoms with Crippen LogP contribution >= 0.6 is 22.6 Å². The predicted molar refractivity (Wildman–Crippen MR) is 77.5 cm³/mol. The zero-order valence-electron chi connectivity index (χ0n) is 10.4. The summed E-state index contributed by atoms with van der Waals surface area (Å²) in [7, 11) is 1.73. The number of hydrogen-bond donors (Lipinski definition) is 0. The van der Waals surface area contributed by atoms with Crippen molar-refractivity contribution in [2.75, 3.05) is 7.11 Å². The lowest BCUT2D eigenvalue weighted by Crippen LogP contribution is -2.28. The van der Waals surface area contributed by atoms with Crippen LogP contribution < -0.4 is 4.74 Å². The Morgan fingerprint density at radius 2 is 1.78 bits per heavy atom. The number of rotatable bonds is 3. The minimum absolute atomic E-state index is 0.0238. The topological polar surface area (TPSA) is 35.5 Å². The summed E-state index contributed by atoms with van der Waals surface area (Å²) in [5, 5.41) is 0. The van der Waals surface area contributed by atoms with Crippen LogP contribution in [0, 0.1) is 9.49 Å². The Morgan fingerprint density at radius 1 is 1.17 bits per heavy atom. The summed E-state index contributed by atoms with van der Waals surface area (Å²) in [5.41, 5.74) is 0. The van der Waals surface area contributed by atoms with Crippen LogP contribution in [0.5, 0.6) is 5.75 Å². The molecule has 1 saturated carbocycles. The first kappa shape index (κ1) is 13.8. The largest absolute Gasteiger partial charge is 0.426 e. The third-order valence-electron chi connectivity index (χ3n) is 3.37. The second-order valence-electron chi connectivity index (χ2n) is 4.58. The van der Waals surface area contributed by atoms with E-state index in [0.717, 1.165) is 29.3 Å². The monoisotopic (exact) mass is 360 g/mol. The van der Waals surface area contributed by atoms with Crippen molar-refractivity contribution in [3.8, 4) is 5.75 Å². The molecule has 1 aromatic rings. The van der Waals surface area contributed by atoms with Gasteiger partial charge in [-0.15, -0.1) is 0 Å². The molecule has 98 valence electrons. The lowest BCUT2D eigenvalue weighted by atomic mass is 9.87. The average molecular weight is 360 g/mol. The van der Waals surface area contributed by atoms with Crippen molar-refractivity contribution in [3.63, 3.8) is 0 Å². The number of methoxy groups -OCH3 is 1. The van der Waals surface area contributed by atoms with Gasteiger partial charge in [-0.25, -0.2) is 0 Å². The molecule has 0 aromatic heterocycles. The predicted octanol–water partition coefficient (Wildman–Crippen LogP) is 3.40. The van der Waals surface area contributed by atoms with Gasteiger partial charge in [0.05, 0.1) is 12.0 Å². The molecule has 0 unspecified atom stereocenters. The van der Waals surface area contributed by atoms with E-state index in [1.54, 1.807) is 7.11 Å². The molecule has 0 radical (unpaired) electrons. The van der Waals surface area contributed by atoms with E-state index < -0.39 is 0 Å². The van der Waals surface area contributed by atoms with Crippen LogP contribution in [0.4, 0.5) is 0 Å². The number of carbonyl (C=O) groups is 1. The first-order valence-corrected chi connectivity index (χ1v) is 7.27. The third-order valence-corrected chi connectivity index (χ3v) is 4.09. The van der Waals surface area contributed by atoms with E-state index in [0.29, 0.717) is 11.9 Å². The van der Waals surface area contributed by atoms with E-state index >= 15 is 0 Å². The molecule has 0 atom stereocenters. The molecule has 0 bridgehead atoms. The Balaban J connectivity index is 1.87. The highest BCUT2D eigenvalue weighted by Gasteiger charge is 2.27. The SMILES string of the molecule is CO[C@H]1CC[C@H](C(=O)Oc2ccc(I)cc2)CC1. The van der Waals surface area contributed by atoms with E-state index in [-0.39, 0.29) is 11.9 Å². The van der Waals surface area contributed by atoms with E-state index in [9.17, 15) is 4.79 Å². The van der Waals surface area contributed by atoms with Gasteiger partial charge in [-0.05, 0) is 72.5 Å².